The molecular weight excluding hydrogens is 307 g/mol. The number of carbonyl (C=O) groups is 1. The number of aromatic nitrogens is 2. The largest absolute Gasteiger partial charge is 0.355 e. The van der Waals surface area contributed by atoms with E-state index in [0.717, 1.165) is 25.3 Å². The summed E-state index contributed by atoms with van der Waals surface area (Å²) in [7, 11) is 0. The number of nitrogens with zero attached hydrogens (tertiary/aromatic N) is 3. The maximum absolute atomic E-state index is 13.5. The molecule has 0 saturated carbocycles. The summed E-state index contributed by atoms with van der Waals surface area (Å²) in [6.07, 6.45) is 5.50. The number of anilines is 1. The minimum absolute atomic E-state index is 0.124. The Morgan fingerprint density at radius 2 is 2.17 bits per heavy atom. The third kappa shape index (κ3) is 3.88. The van der Waals surface area contributed by atoms with Gasteiger partial charge in [0.05, 0.1) is 12.4 Å². The normalized spacial score (nSPS) is 17.6. The average Bonchev–Trinajstić information content (AvgIpc) is 2.61. The molecule has 24 heavy (non-hydrogen) atoms. The number of benzene rings is 1. The van der Waals surface area contributed by atoms with Crippen LogP contribution in [0, 0.1) is 11.7 Å². The zero-order valence-electron chi connectivity index (χ0n) is 13.7. The zero-order chi connectivity index (χ0) is 16.9. The van der Waals surface area contributed by atoms with Gasteiger partial charge in [-0.3, -0.25) is 4.79 Å². The van der Waals surface area contributed by atoms with Gasteiger partial charge in [-0.1, -0.05) is 25.1 Å². The van der Waals surface area contributed by atoms with Crippen LogP contribution in [0.4, 0.5) is 10.2 Å². The molecule has 1 aromatic carbocycles. The van der Waals surface area contributed by atoms with Crippen molar-refractivity contribution in [2.75, 3.05) is 18.0 Å². The topological polar surface area (TPSA) is 58.1 Å². The number of halogens is 1. The minimum Gasteiger partial charge on any atom is -0.355 e. The molecule has 1 amide bonds. The van der Waals surface area contributed by atoms with Gasteiger partial charge in [-0.25, -0.2) is 14.4 Å². The smallest absolute Gasteiger partial charge is 0.271 e. The molecule has 2 heterocycles. The third-order valence-corrected chi connectivity index (χ3v) is 4.25. The van der Waals surface area contributed by atoms with Crippen LogP contribution in [0.25, 0.3) is 0 Å². The molecule has 0 spiro atoms. The Morgan fingerprint density at radius 3 is 2.88 bits per heavy atom. The van der Waals surface area contributed by atoms with Crippen LogP contribution in [-0.2, 0) is 6.54 Å². The number of carbonyl (C=O) groups excluding carboxylic acids is 1. The molecule has 1 unspecified atom stereocenters. The van der Waals surface area contributed by atoms with Crippen molar-refractivity contribution >= 4 is 11.7 Å². The number of rotatable bonds is 4. The Bertz CT molecular complexity index is 704. The number of piperidine rings is 1. The molecule has 0 bridgehead atoms. The predicted octanol–water partition coefficient (Wildman–Crippen LogP) is 2.78. The van der Waals surface area contributed by atoms with Crippen LogP contribution in [0.5, 0.6) is 0 Å². The van der Waals surface area contributed by atoms with E-state index in [0.29, 0.717) is 11.5 Å². The van der Waals surface area contributed by atoms with Crippen LogP contribution < -0.4 is 10.2 Å². The van der Waals surface area contributed by atoms with E-state index in [4.69, 9.17) is 0 Å². The van der Waals surface area contributed by atoms with Gasteiger partial charge in [0.15, 0.2) is 0 Å². The van der Waals surface area contributed by atoms with Crippen molar-refractivity contribution in [1.29, 1.82) is 0 Å². The van der Waals surface area contributed by atoms with Crippen molar-refractivity contribution in [3.63, 3.8) is 0 Å². The molecule has 6 heteroatoms. The highest BCUT2D eigenvalue weighted by atomic mass is 19.1. The lowest BCUT2D eigenvalue weighted by Gasteiger charge is -2.31. The first kappa shape index (κ1) is 16.4. The van der Waals surface area contributed by atoms with Gasteiger partial charge in [-0.2, -0.15) is 0 Å². The first-order valence-electron chi connectivity index (χ1n) is 8.22. The lowest BCUT2D eigenvalue weighted by atomic mass is 10.0. The molecule has 0 aliphatic carbocycles. The van der Waals surface area contributed by atoms with Crippen LogP contribution in [0.15, 0.2) is 36.7 Å². The fourth-order valence-corrected chi connectivity index (χ4v) is 2.91. The number of nitrogens with one attached hydrogen (secondary N) is 1. The molecule has 1 aliphatic heterocycles. The summed E-state index contributed by atoms with van der Waals surface area (Å²) in [5.41, 5.74) is 0.679. The monoisotopic (exact) mass is 328 g/mol. The lowest BCUT2D eigenvalue weighted by molar-refractivity contribution is 0.0945. The Labute approximate surface area is 140 Å². The quantitative estimate of drug-likeness (QED) is 0.937. The van der Waals surface area contributed by atoms with Crippen LogP contribution in [0.2, 0.25) is 0 Å². The number of amides is 1. The molecule has 126 valence electrons. The summed E-state index contributed by atoms with van der Waals surface area (Å²) in [5, 5.41) is 2.67. The first-order chi connectivity index (χ1) is 11.6. The molecule has 1 fully saturated rings. The predicted molar refractivity (Wildman–Crippen MR) is 90.2 cm³/mol. The summed E-state index contributed by atoms with van der Waals surface area (Å²) >= 11 is 0. The van der Waals surface area contributed by atoms with E-state index in [-0.39, 0.29) is 24.0 Å². The summed E-state index contributed by atoms with van der Waals surface area (Å²) in [6.45, 7) is 4.29. The number of hydrogen-bond donors (Lipinski definition) is 1. The third-order valence-electron chi connectivity index (χ3n) is 4.25. The highest BCUT2D eigenvalue weighted by Crippen LogP contribution is 2.20. The zero-order valence-corrected chi connectivity index (χ0v) is 13.7. The van der Waals surface area contributed by atoms with Crippen LogP contribution >= 0.6 is 0 Å². The van der Waals surface area contributed by atoms with Crippen LogP contribution in [0.1, 0.15) is 35.8 Å². The molecule has 1 aliphatic rings. The summed E-state index contributed by atoms with van der Waals surface area (Å²) < 4.78 is 13.5. The Morgan fingerprint density at radius 1 is 1.33 bits per heavy atom. The minimum atomic E-state index is -0.357. The second-order valence-electron chi connectivity index (χ2n) is 6.23. The summed E-state index contributed by atoms with van der Waals surface area (Å²) in [5.74, 6) is 0.749. The fraction of sp³-hybridized carbons (Fsp3) is 0.389. The van der Waals surface area contributed by atoms with E-state index >= 15 is 0 Å². The van der Waals surface area contributed by atoms with Gasteiger partial charge in [0.25, 0.3) is 5.91 Å². The first-order valence-corrected chi connectivity index (χ1v) is 8.22. The van der Waals surface area contributed by atoms with E-state index in [2.05, 4.69) is 27.1 Å². The maximum Gasteiger partial charge on any atom is 0.271 e. The molecule has 5 nitrogen and oxygen atoms in total. The summed E-state index contributed by atoms with van der Waals surface area (Å²) in [4.78, 5) is 22.9. The lowest BCUT2D eigenvalue weighted by Crippen LogP contribution is -2.35. The molecule has 1 saturated heterocycles. The Balaban J connectivity index is 1.60. The van der Waals surface area contributed by atoms with Crippen molar-refractivity contribution in [3.8, 4) is 0 Å². The van der Waals surface area contributed by atoms with E-state index in [9.17, 15) is 9.18 Å². The van der Waals surface area contributed by atoms with Gasteiger partial charge in [-0.15, -0.1) is 0 Å². The fourth-order valence-electron chi connectivity index (χ4n) is 2.91. The Kier molecular flexibility index (Phi) is 5.03. The van der Waals surface area contributed by atoms with Crippen LogP contribution in [-0.4, -0.2) is 29.0 Å². The van der Waals surface area contributed by atoms with Gasteiger partial charge in [0.1, 0.15) is 17.3 Å². The van der Waals surface area contributed by atoms with E-state index in [1.807, 2.05) is 0 Å². The van der Waals surface area contributed by atoms with Crippen molar-refractivity contribution in [1.82, 2.24) is 15.3 Å². The van der Waals surface area contributed by atoms with Gasteiger partial charge in [0, 0.05) is 25.2 Å². The maximum atomic E-state index is 13.5. The van der Waals surface area contributed by atoms with E-state index in [1.165, 1.54) is 18.7 Å². The van der Waals surface area contributed by atoms with Gasteiger partial charge >= 0.3 is 0 Å². The van der Waals surface area contributed by atoms with E-state index < -0.39 is 0 Å². The van der Waals surface area contributed by atoms with Crippen molar-refractivity contribution < 1.29 is 9.18 Å². The van der Waals surface area contributed by atoms with Crippen molar-refractivity contribution in [2.24, 2.45) is 5.92 Å². The highest BCUT2D eigenvalue weighted by Gasteiger charge is 2.18. The van der Waals surface area contributed by atoms with Gasteiger partial charge < -0.3 is 10.2 Å². The highest BCUT2D eigenvalue weighted by molar-refractivity contribution is 5.91. The second-order valence-corrected chi connectivity index (χ2v) is 6.23. The standard InChI is InChI=1S/C18H21FN4O/c1-13-5-4-8-23(12-13)17-11-20-16(10-21-17)18(24)22-9-14-6-2-3-7-15(14)19/h2-3,6-7,10-11,13H,4-5,8-9,12H2,1H3,(H,22,24). The second kappa shape index (κ2) is 7.38. The van der Waals surface area contributed by atoms with E-state index in [1.54, 1.807) is 24.4 Å². The molecule has 1 N–H and O–H groups in total. The molecule has 2 aromatic rings. The molecular formula is C18H21FN4O. The Hall–Kier alpha value is -2.50. The summed E-state index contributed by atoms with van der Waals surface area (Å²) in [6, 6.07) is 6.36. The SMILES string of the molecule is CC1CCCN(c2cnc(C(=O)NCc3ccccc3F)cn2)C1. The van der Waals surface area contributed by atoms with Gasteiger partial charge in [-0.05, 0) is 24.8 Å². The molecule has 0 radical (unpaired) electrons. The van der Waals surface area contributed by atoms with Crippen molar-refractivity contribution in [3.05, 3.63) is 53.7 Å². The molecule has 1 atom stereocenters. The van der Waals surface area contributed by atoms with Crippen LogP contribution in [0.3, 0.4) is 0 Å². The van der Waals surface area contributed by atoms with Gasteiger partial charge in [0.2, 0.25) is 0 Å². The average molecular weight is 328 g/mol. The van der Waals surface area contributed by atoms with Crippen molar-refractivity contribution in [2.45, 2.75) is 26.3 Å². The molecule has 3 rings (SSSR count). The molecule has 1 aromatic heterocycles. The number of hydrogen-bond acceptors (Lipinski definition) is 4.